The summed E-state index contributed by atoms with van der Waals surface area (Å²) in [6, 6.07) is 15.5. The van der Waals surface area contributed by atoms with E-state index >= 15 is 0 Å². The quantitative estimate of drug-likeness (QED) is 0.355. The van der Waals surface area contributed by atoms with E-state index in [1.165, 1.54) is 24.7 Å². The van der Waals surface area contributed by atoms with Crippen LogP contribution in [-0.2, 0) is 0 Å². The Morgan fingerprint density at radius 2 is 1.79 bits per heavy atom. The molecule has 1 amide bonds. The molecule has 8 nitrogen and oxygen atoms in total. The van der Waals surface area contributed by atoms with Crippen molar-refractivity contribution in [2.24, 2.45) is 0 Å². The third kappa shape index (κ3) is 4.44. The van der Waals surface area contributed by atoms with Gasteiger partial charge < -0.3 is 13.6 Å². The minimum absolute atomic E-state index is 0.0412. The van der Waals surface area contributed by atoms with Crippen LogP contribution in [0.5, 0.6) is 5.75 Å². The summed E-state index contributed by atoms with van der Waals surface area (Å²) in [7, 11) is 0. The van der Waals surface area contributed by atoms with E-state index in [-0.39, 0.29) is 22.9 Å². The summed E-state index contributed by atoms with van der Waals surface area (Å²) in [5, 5.41) is 10.2. The van der Waals surface area contributed by atoms with Gasteiger partial charge in [-0.25, -0.2) is 4.98 Å². The van der Waals surface area contributed by atoms with Gasteiger partial charge in [-0.1, -0.05) is 35.4 Å². The van der Waals surface area contributed by atoms with Gasteiger partial charge in [0.05, 0.1) is 28.6 Å². The molecule has 0 spiro atoms. The Morgan fingerprint density at radius 1 is 0.971 bits per heavy atom. The molecule has 170 valence electrons. The summed E-state index contributed by atoms with van der Waals surface area (Å²) in [6.07, 6.45) is -2.07. The smallest absolute Gasteiger partial charge is 0.472 e. The molecule has 34 heavy (non-hydrogen) atoms. The molecule has 0 aliphatic rings. The number of aromatic nitrogens is 3. The van der Waals surface area contributed by atoms with Gasteiger partial charge in [0.2, 0.25) is 0 Å². The number of furan rings is 1. The maximum Gasteiger partial charge on any atom is 0.573 e. The van der Waals surface area contributed by atoms with E-state index in [1.807, 2.05) is 6.07 Å². The number of hydrogen-bond donors (Lipinski definition) is 1. The predicted molar refractivity (Wildman–Crippen MR) is 114 cm³/mol. The molecule has 5 aromatic rings. The van der Waals surface area contributed by atoms with Crippen LogP contribution in [0.1, 0.15) is 10.4 Å². The number of nitrogens with one attached hydrogen (secondary N) is 1. The Bertz CT molecular complexity index is 1470. The summed E-state index contributed by atoms with van der Waals surface area (Å²) < 4.78 is 52.6. The van der Waals surface area contributed by atoms with Crippen LogP contribution in [0.3, 0.4) is 0 Å². The number of hydrogen-bond acceptors (Lipinski definition) is 7. The minimum Gasteiger partial charge on any atom is -0.472 e. The van der Waals surface area contributed by atoms with Crippen molar-refractivity contribution in [2.75, 3.05) is 5.32 Å². The lowest BCUT2D eigenvalue weighted by atomic mass is 10.0. The lowest BCUT2D eigenvalue weighted by molar-refractivity contribution is -0.274. The summed E-state index contributed by atoms with van der Waals surface area (Å²) in [5.41, 5.74) is 2.02. The topological polar surface area (TPSA) is 103 Å². The van der Waals surface area contributed by atoms with Crippen molar-refractivity contribution >= 4 is 22.8 Å². The van der Waals surface area contributed by atoms with E-state index < -0.39 is 18.0 Å². The number of ether oxygens (including phenoxy) is 1. The number of pyridine rings is 1. The monoisotopic (exact) mass is 466 g/mol. The number of alkyl halides is 3. The molecule has 0 saturated heterocycles. The van der Waals surface area contributed by atoms with Crippen LogP contribution in [-0.4, -0.2) is 27.5 Å². The lowest BCUT2D eigenvalue weighted by Gasteiger charge is -2.12. The van der Waals surface area contributed by atoms with Crippen molar-refractivity contribution in [3.05, 3.63) is 78.8 Å². The van der Waals surface area contributed by atoms with E-state index in [0.29, 0.717) is 22.3 Å². The van der Waals surface area contributed by atoms with Gasteiger partial charge in [0.25, 0.3) is 11.8 Å². The number of fused-ring (bicyclic) bond motifs is 1. The second kappa shape index (κ2) is 8.35. The first-order chi connectivity index (χ1) is 16.4. The van der Waals surface area contributed by atoms with Crippen LogP contribution in [0, 0.1) is 0 Å². The van der Waals surface area contributed by atoms with Crippen LogP contribution in [0.2, 0.25) is 0 Å². The summed E-state index contributed by atoms with van der Waals surface area (Å²) >= 11 is 0. The molecule has 0 atom stereocenters. The fourth-order valence-corrected chi connectivity index (χ4v) is 3.29. The van der Waals surface area contributed by atoms with Crippen LogP contribution >= 0.6 is 0 Å². The Balaban J connectivity index is 1.56. The highest BCUT2D eigenvalue weighted by Crippen LogP contribution is 2.31. The van der Waals surface area contributed by atoms with Gasteiger partial charge in [0.15, 0.2) is 0 Å². The SMILES string of the molecule is O=C(Nc1nnc(-c2ccoc2)o1)c1cc(-c2ccccc2)nc2ccc(OC(F)(F)F)cc12. The molecule has 0 aliphatic carbocycles. The zero-order chi connectivity index (χ0) is 23.7. The highest BCUT2D eigenvalue weighted by Gasteiger charge is 2.31. The van der Waals surface area contributed by atoms with Crippen LogP contribution in [0.25, 0.3) is 33.6 Å². The first-order valence-electron chi connectivity index (χ1n) is 9.79. The minimum atomic E-state index is -4.89. The molecule has 0 aliphatic heterocycles. The second-order valence-electron chi connectivity index (χ2n) is 7.03. The van der Waals surface area contributed by atoms with Gasteiger partial charge in [0.1, 0.15) is 12.0 Å². The number of carbonyl (C=O) groups is 1. The third-order valence-electron chi connectivity index (χ3n) is 4.74. The summed E-state index contributed by atoms with van der Waals surface area (Å²) in [6.45, 7) is 0. The van der Waals surface area contributed by atoms with Gasteiger partial charge in [-0.2, -0.15) is 0 Å². The first-order valence-corrected chi connectivity index (χ1v) is 9.79. The van der Waals surface area contributed by atoms with Crippen LogP contribution in [0.4, 0.5) is 19.2 Å². The molecular formula is C23H13F3N4O4. The van der Waals surface area contributed by atoms with Crippen LogP contribution < -0.4 is 10.1 Å². The number of carbonyl (C=O) groups excluding carboxylic acids is 1. The van der Waals surface area contributed by atoms with E-state index in [0.717, 1.165) is 12.1 Å². The van der Waals surface area contributed by atoms with E-state index in [1.54, 1.807) is 30.3 Å². The van der Waals surface area contributed by atoms with Crippen molar-refractivity contribution in [3.8, 4) is 28.5 Å². The maximum absolute atomic E-state index is 13.2. The third-order valence-corrected chi connectivity index (χ3v) is 4.74. The molecule has 3 heterocycles. The molecule has 0 unspecified atom stereocenters. The standard InChI is InChI=1S/C23H13F3N4O4/c24-23(25,26)34-15-6-7-18-16(10-15)17(11-19(27-18)13-4-2-1-3-5-13)20(31)28-22-30-29-21(33-22)14-8-9-32-12-14/h1-12H,(H,28,30,31). The molecule has 1 N–H and O–H groups in total. The molecular weight excluding hydrogens is 453 g/mol. The van der Waals surface area contributed by atoms with Crippen LogP contribution in [0.15, 0.2) is 82.0 Å². The molecule has 0 fully saturated rings. The number of rotatable bonds is 5. The molecule has 5 rings (SSSR count). The molecule has 0 bridgehead atoms. The number of anilines is 1. The average molecular weight is 466 g/mol. The Kier molecular flexibility index (Phi) is 5.21. The van der Waals surface area contributed by atoms with E-state index in [9.17, 15) is 18.0 Å². The van der Waals surface area contributed by atoms with Crippen molar-refractivity contribution in [2.45, 2.75) is 6.36 Å². The van der Waals surface area contributed by atoms with Gasteiger partial charge in [-0.15, -0.1) is 18.3 Å². The maximum atomic E-state index is 13.2. The fraction of sp³-hybridized carbons (Fsp3) is 0.0435. The molecule has 3 aromatic heterocycles. The lowest BCUT2D eigenvalue weighted by Crippen LogP contribution is -2.17. The van der Waals surface area contributed by atoms with Crippen molar-refractivity contribution in [1.82, 2.24) is 15.2 Å². The number of benzene rings is 2. The number of amides is 1. The van der Waals surface area contributed by atoms with Gasteiger partial charge in [-0.05, 0) is 30.3 Å². The molecule has 0 radical (unpaired) electrons. The average Bonchev–Trinajstić information content (AvgIpc) is 3.50. The number of nitrogens with zero attached hydrogens (tertiary/aromatic N) is 3. The Hall–Kier alpha value is -4.67. The number of halogens is 3. The molecule has 0 saturated carbocycles. The fourth-order valence-electron chi connectivity index (χ4n) is 3.29. The largest absolute Gasteiger partial charge is 0.573 e. The summed E-state index contributed by atoms with van der Waals surface area (Å²) in [5.74, 6) is -1.05. The zero-order valence-corrected chi connectivity index (χ0v) is 17.0. The predicted octanol–water partition coefficient (Wildman–Crippen LogP) is 5.70. The Morgan fingerprint density at radius 3 is 2.53 bits per heavy atom. The van der Waals surface area contributed by atoms with Crippen molar-refractivity contribution in [3.63, 3.8) is 0 Å². The van der Waals surface area contributed by atoms with Crippen molar-refractivity contribution < 1.29 is 31.5 Å². The zero-order valence-electron chi connectivity index (χ0n) is 17.0. The molecule has 2 aromatic carbocycles. The summed E-state index contributed by atoms with van der Waals surface area (Å²) in [4.78, 5) is 17.6. The van der Waals surface area contributed by atoms with Gasteiger partial charge in [-0.3, -0.25) is 10.1 Å². The van der Waals surface area contributed by atoms with Crippen molar-refractivity contribution in [1.29, 1.82) is 0 Å². The van der Waals surface area contributed by atoms with Gasteiger partial charge in [0, 0.05) is 10.9 Å². The highest BCUT2D eigenvalue weighted by molar-refractivity contribution is 6.12. The Labute approximate surface area is 189 Å². The molecule has 11 heteroatoms. The van der Waals surface area contributed by atoms with Gasteiger partial charge >= 0.3 is 12.4 Å². The highest BCUT2D eigenvalue weighted by atomic mass is 19.4. The first kappa shape index (κ1) is 21.2. The van der Waals surface area contributed by atoms with E-state index in [4.69, 9.17) is 8.83 Å². The second-order valence-corrected chi connectivity index (χ2v) is 7.03. The normalized spacial score (nSPS) is 11.5. The van der Waals surface area contributed by atoms with E-state index in [2.05, 4.69) is 25.2 Å².